The van der Waals surface area contributed by atoms with E-state index in [1.54, 1.807) is 0 Å². The van der Waals surface area contributed by atoms with Crippen LogP contribution < -0.4 is 14.2 Å². The van der Waals surface area contributed by atoms with Gasteiger partial charge in [0.1, 0.15) is 5.69 Å². The Morgan fingerprint density at radius 1 is 1.41 bits per heavy atom. The first kappa shape index (κ1) is 12.0. The third kappa shape index (κ3) is 3.23. The van der Waals surface area contributed by atoms with Gasteiger partial charge in [-0.2, -0.15) is 0 Å². The maximum absolute atomic E-state index is 11.2. The molecule has 0 radical (unpaired) electrons. The van der Waals surface area contributed by atoms with Crippen LogP contribution in [0.4, 0.5) is 5.69 Å². The molecule has 6 nitrogen and oxygen atoms in total. The molecular formula is C10H14N2O4S. The van der Waals surface area contributed by atoms with E-state index in [1.807, 2.05) is 0 Å². The van der Waals surface area contributed by atoms with Gasteiger partial charge in [-0.15, -0.1) is 0 Å². The molecule has 0 unspecified atom stereocenters. The zero-order chi connectivity index (χ0) is 12.5. The number of pyridine rings is 1. The molecule has 1 aromatic heterocycles. The van der Waals surface area contributed by atoms with E-state index in [2.05, 4.69) is 9.71 Å². The summed E-state index contributed by atoms with van der Waals surface area (Å²) in [5.41, 5.74) is 0.285. The molecule has 94 valence electrons. The van der Waals surface area contributed by atoms with Crippen molar-refractivity contribution in [2.75, 3.05) is 18.1 Å². The first-order valence-electron chi connectivity index (χ1n) is 5.16. The van der Waals surface area contributed by atoms with Gasteiger partial charge in [0.05, 0.1) is 31.9 Å². The fourth-order valence-corrected chi connectivity index (χ4v) is 1.91. The third-order valence-electron chi connectivity index (χ3n) is 2.18. The van der Waals surface area contributed by atoms with Gasteiger partial charge in [-0.25, -0.2) is 8.42 Å². The van der Waals surface area contributed by atoms with Crippen molar-refractivity contribution in [1.29, 1.82) is 0 Å². The lowest BCUT2D eigenvalue weighted by Gasteiger charge is -2.13. The van der Waals surface area contributed by atoms with E-state index >= 15 is 0 Å². The van der Waals surface area contributed by atoms with E-state index in [-0.39, 0.29) is 11.8 Å². The summed E-state index contributed by atoms with van der Waals surface area (Å²) in [6.07, 6.45) is 6.18. The Balaban J connectivity index is 2.30. The molecule has 0 bridgehead atoms. The zero-order valence-corrected chi connectivity index (χ0v) is 10.5. The minimum Gasteiger partial charge on any atom is -0.491 e. The average Bonchev–Trinajstić information content (AvgIpc) is 2.99. The number of hydrogen-bond acceptors (Lipinski definition) is 5. The first-order valence-corrected chi connectivity index (χ1v) is 7.05. The van der Waals surface area contributed by atoms with Crippen LogP contribution in [0.5, 0.6) is 11.5 Å². The van der Waals surface area contributed by atoms with Gasteiger partial charge in [-0.3, -0.25) is 9.71 Å². The number of aromatic nitrogens is 1. The summed E-state index contributed by atoms with van der Waals surface area (Å²) in [5.74, 6) is 0.820. The lowest BCUT2D eigenvalue weighted by atomic mass is 10.3. The lowest BCUT2D eigenvalue weighted by molar-refractivity contribution is 0.281. The van der Waals surface area contributed by atoms with Gasteiger partial charge in [-0.05, 0) is 12.8 Å². The van der Waals surface area contributed by atoms with Crippen molar-refractivity contribution in [2.45, 2.75) is 18.9 Å². The van der Waals surface area contributed by atoms with Crippen LogP contribution in [0.3, 0.4) is 0 Å². The minimum absolute atomic E-state index is 0.194. The smallest absolute Gasteiger partial charge is 0.229 e. The van der Waals surface area contributed by atoms with Crippen LogP contribution in [-0.4, -0.2) is 32.9 Å². The Labute approximate surface area is 100 Å². The van der Waals surface area contributed by atoms with Crippen LogP contribution in [0.25, 0.3) is 0 Å². The van der Waals surface area contributed by atoms with Gasteiger partial charge in [0.25, 0.3) is 0 Å². The lowest BCUT2D eigenvalue weighted by Crippen LogP contribution is -2.11. The quantitative estimate of drug-likeness (QED) is 0.852. The van der Waals surface area contributed by atoms with E-state index < -0.39 is 10.0 Å². The van der Waals surface area contributed by atoms with Crippen molar-refractivity contribution in [3.8, 4) is 11.5 Å². The van der Waals surface area contributed by atoms with Gasteiger partial charge < -0.3 is 9.47 Å². The highest BCUT2D eigenvalue weighted by Gasteiger charge is 2.26. The molecule has 0 atom stereocenters. The molecule has 0 aliphatic heterocycles. The van der Waals surface area contributed by atoms with E-state index in [1.165, 1.54) is 19.5 Å². The highest BCUT2D eigenvalue weighted by molar-refractivity contribution is 7.92. The SMILES string of the molecule is COc1c(NS(C)(=O)=O)cncc1OC1CC1. The standard InChI is InChI=1S/C10H14N2O4S/c1-15-10-8(12-17(2,13)14)5-11-6-9(10)16-7-3-4-7/h5-7,12H,3-4H2,1-2H3. The molecule has 1 heterocycles. The Hall–Kier alpha value is -1.50. The fraction of sp³-hybridized carbons (Fsp3) is 0.500. The summed E-state index contributed by atoms with van der Waals surface area (Å²) in [7, 11) is -1.90. The second-order valence-corrected chi connectivity index (χ2v) is 5.66. The predicted octanol–water partition coefficient (Wildman–Crippen LogP) is 1.00. The second-order valence-electron chi connectivity index (χ2n) is 3.91. The van der Waals surface area contributed by atoms with Gasteiger partial charge >= 0.3 is 0 Å². The number of anilines is 1. The molecule has 0 aromatic carbocycles. The monoisotopic (exact) mass is 258 g/mol. The first-order chi connectivity index (χ1) is 7.99. The van der Waals surface area contributed by atoms with Crippen molar-refractivity contribution >= 4 is 15.7 Å². The second kappa shape index (κ2) is 4.40. The molecule has 1 N–H and O–H groups in total. The van der Waals surface area contributed by atoms with Gasteiger partial charge in [0.15, 0.2) is 11.5 Å². The highest BCUT2D eigenvalue weighted by Crippen LogP contribution is 2.37. The van der Waals surface area contributed by atoms with Crippen LogP contribution >= 0.6 is 0 Å². The summed E-state index contributed by atoms with van der Waals surface area (Å²) < 4.78 is 35.4. The molecule has 7 heteroatoms. The maximum atomic E-state index is 11.2. The van der Waals surface area contributed by atoms with E-state index in [0.717, 1.165) is 19.1 Å². The Morgan fingerprint density at radius 2 is 2.12 bits per heavy atom. The van der Waals surface area contributed by atoms with Crippen LogP contribution in [-0.2, 0) is 10.0 Å². The third-order valence-corrected chi connectivity index (χ3v) is 2.77. The molecule has 0 spiro atoms. The molecule has 17 heavy (non-hydrogen) atoms. The van der Waals surface area contributed by atoms with Crippen LogP contribution in [0.2, 0.25) is 0 Å². The zero-order valence-electron chi connectivity index (χ0n) is 9.63. The molecule has 2 rings (SSSR count). The largest absolute Gasteiger partial charge is 0.491 e. The van der Waals surface area contributed by atoms with Crippen molar-refractivity contribution in [2.24, 2.45) is 0 Å². The summed E-state index contributed by atoms with van der Waals surface area (Å²) in [5, 5.41) is 0. The molecule has 0 amide bonds. The summed E-state index contributed by atoms with van der Waals surface area (Å²) in [6, 6.07) is 0. The van der Waals surface area contributed by atoms with Crippen LogP contribution in [0.15, 0.2) is 12.4 Å². The fourth-order valence-electron chi connectivity index (χ4n) is 1.36. The molecule has 1 aromatic rings. The molecule has 1 aliphatic carbocycles. The van der Waals surface area contributed by atoms with Crippen LogP contribution in [0.1, 0.15) is 12.8 Å². The predicted molar refractivity (Wildman–Crippen MR) is 62.9 cm³/mol. The normalized spacial score (nSPS) is 15.4. The maximum Gasteiger partial charge on any atom is 0.229 e. The van der Waals surface area contributed by atoms with E-state index in [4.69, 9.17) is 9.47 Å². The number of sulfonamides is 1. The van der Waals surface area contributed by atoms with Crippen molar-refractivity contribution < 1.29 is 17.9 Å². The van der Waals surface area contributed by atoms with Crippen LogP contribution in [0, 0.1) is 0 Å². The molecule has 1 fully saturated rings. The van der Waals surface area contributed by atoms with Gasteiger partial charge in [0.2, 0.25) is 10.0 Å². The summed E-state index contributed by atoms with van der Waals surface area (Å²) in [6.45, 7) is 0. The van der Waals surface area contributed by atoms with Crippen molar-refractivity contribution in [3.63, 3.8) is 0 Å². The number of nitrogens with one attached hydrogen (secondary N) is 1. The topological polar surface area (TPSA) is 77.5 Å². The van der Waals surface area contributed by atoms with E-state index in [0.29, 0.717) is 11.5 Å². The van der Waals surface area contributed by atoms with E-state index in [9.17, 15) is 8.42 Å². The minimum atomic E-state index is -3.36. The molecule has 1 aliphatic rings. The number of rotatable bonds is 5. The number of methoxy groups -OCH3 is 1. The molecule has 0 saturated heterocycles. The summed E-state index contributed by atoms with van der Waals surface area (Å²) >= 11 is 0. The highest BCUT2D eigenvalue weighted by atomic mass is 32.2. The van der Waals surface area contributed by atoms with Crippen molar-refractivity contribution in [3.05, 3.63) is 12.4 Å². The average molecular weight is 258 g/mol. The van der Waals surface area contributed by atoms with Crippen molar-refractivity contribution in [1.82, 2.24) is 4.98 Å². The Morgan fingerprint density at radius 3 is 2.65 bits per heavy atom. The number of ether oxygens (including phenoxy) is 2. The Bertz CT molecular complexity index is 511. The molecule has 1 saturated carbocycles. The number of nitrogens with zero attached hydrogens (tertiary/aromatic N) is 1. The summed E-state index contributed by atoms with van der Waals surface area (Å²) in [4.78, 5) is 3.93. The molecular weight excluding hydrogens is 244 g/mol. The Kier molecular flexibility index (Phi) is 3.10. The van der Waals surface area contributed by atoms with Gasteiger partial charge in [-0.1, -0.05) is 0 Å². The van der Waals surface area contributed by atoms with Gasteiger partial charge in [0, 0.05) is 0 Å². The number of hydrogen-bond donors (Lipinski definition) is 1.